The van der Waals surface area contributed by atoms with Crippen LogP contribution < -0.4 is 10.1 Å². The van der Waals surface area contributed by atoms with Crippen molar-refractivity contribution in [3.63, 3.8) is 0 Å². The summed E-state index contributed by atoms with van der Waals surface area (Å²) in [6.07, 6.45) is 1.26. The third-order valence-electron chi connectivity index (χ3n) is 6.11. The van der Waals surface area contributed by atoms with Gasteiger partial charge in [0.1, 0.15) is 22.2 Å². The summed E-state index contributed by atoms with van der Waals surface area (Å²) in [4.78, 5) is 12.2. The maximum atomic E-state index is 14.3. The summed E-state index contributed by atoms with van der Waals surface area (Å²) in [6.45, 7) is 0.399. The number of amides is 1. The highest BCUT2D eigenvalue weighted by molar-refractivity contribution is 7.90. The lowest BCUT2D eigenvalue weighted by Crippen LogP contribution is -2.24. The lowest BCUT2D eigenvalue weighted by Gasteiger charge is -2.13. The van der Waals surface area contributed by atoms with Crippen molar-refractivity contribution in [2.24, 2.45) is 0 Å². The van der Waals surface area contributed by atoms with Crippen molar-refractivity contribution < 1.29 is 27.4 Å². The highest BCUT2D eigenvalue weighted by atomic mass is 32.2. The molecule has 0 aliphatic rings. The minimum absolute atomic E-state index is 0.00182. The van der Waals surface area contributed by atoms with Gasteiger partial charge in [-0.3, -0.25) is 4.79 Å². The van der Waals surface area contributed by atoms with Crippen LogP contribution in [0.5, 0.6) is 11.5 Å². The average Bonchev–Trinajstić information content (AvgIpc) is 2.91. The molecule has 4 aromatic carbocycles. The number of carbonyl (C=O) groups excluding carboxylic acids is 1. The molecule has 0 radical (unpaired) electrons. The molecule has 2 N–H and O–H groups in total. The fraction of sp³-hybridized carbons (Fsp3) is 0.167. The number of hydrogen-bond acceptors (Lipinski definition) is 5. The summed E-state index contributed by atoms with van der Waals surface area (Å²) in [7, 11) is -2.42. The standard InChI is InChI=1S/C30H28FNO5S/c1-37-28-16-15-23(24-11-2-4-13-26(24)31)19-29(28)38(35,36)20-22-9-6-8-21(18-22)10-7-17-32-30(34)25-12-3-5-14-27(25)33/h2-6,8-9,11-16,18-19,33H,7,10,17,20H2,1H3,(H,32,34). The van der Waals surface area contributed by atoms with E-state index in [0.29, 0.717) is 36.1 Å². The van der Waals surface area contributed by atoms with E-state index in [2.05, 4.69) is 5.32 Å². The molecule has 0 saturated carbocycles. The molecule has 6 nitrogen and oxygen atoms in total. The number of ether oxygens (including phenoxy) is 1. The van der Waals surface area contributed by atoms with Gasteiger partial charge in [0, 0.05) is 12.1 Å². The molecule has 0 heterocycles. The molecule has 0 spiro atoms. The molecule has 0 bridgehead atoms. The number of hydrogen-bond donors (Lipinski definition) is 2. The van der Waals surface area contributed by atoms with Gasteiger partial charge in [0.2, 0.25) is 0 Å². The molecule has 0 atom stereocenters. The number of aromatic hydroxyl groups is 1. The molecule has 0 saturated heterocycles. The van der Waals surface area contributed by atoms with E-state index in [1.165, 1.54) is 31.4 Å². The van der Waals surface area contributed by atoms with Crippen LogP contribution in [-0.4, -0.2) is 33.1 Å². The van der Waals surface area contributed by atoms with E-state index in [0.717, 1.165) is 5.56 Å². The number of benzene rings is 4. The Balaban J connectivity index is 1.44. The number of rotatable bonds is 10. The highest BCUT2D eigenvalue weighted by Gasteiger charge is 2.22. The number of methoxy groups -OCH3 is 1. The van der Waals surface area contributed by atoms with Gasteiger partial charge in [-0.2, -0.15) is 0 Å². The second-order valence-electron chi connectivity index (χ2n) is 8.80. The van der Waals surface area contributed by atoms with Crippen molar-refractivity contribution in [1.82, 2.24) is 5.32 Å². The molecule has 0 aromatic heterocycles. The minimum atomic E-state index is -3.82. The summed E-state index contributed by atoms with van der Waals surface area (Å²) in [5.74, 6) is -0.918. The van der Waals surface area contributed by atoms with Crippen LogP contribution in [0.15, 0.2) is 95.9 Å². The molecular formula is C30H28FNO5S. The highest BCUT2D eigenvalue weighted by Crippen LogP contribution is 2.33. The number of sulfone groups is 1. The van der Waals surface area contributed by atoms with E-state index < -0.39 is 15.7 Å². The molecule has 4 aromatic rings. The molecule has 0 unspecified atom stereocenters. The number of halogens is 1. The first kappa shape index (κ1) is 26.9. The van der Waals surface area contributed by atoms with E-state index in [9.17, 15) is 22.7 Å². The summed E-state index contributed by atoms with van der Waals surface area (Å²) in [6, 6.07) is 24.4. The normalized spacial score (nSPS) is 11.2. The van der Waals surface area contributed by atoms with Gasteiger partial charge in [0.15, 0.2) is 9.84 Å². The van der Waals surface area contributed by atoms with Crippen LogP contribution in [0.25, 0.3) is 11.1 Å². The first-order valence-corrected chi connectivity index (χ1v) is 13.7. The van der Waals surface area contributed by atoms with E-state index in [4.69, 9.17) is 4.74 Å². The van der Waals surface area contributed by atoms with Gasteiger partial charge in [0.05, 0.1) is 18.4 Å². The first-order chi connectivity index (χ1) is 18.3. The second-order valence-corrected chi connectivity index (χ2v) is 10.8. The maximum Gasteiger partial charge on any atom is 0.255 e. The minimum Gasteiger partial charge on any atom is -0.507 e. The van der Waals surface area contributed by atoms with Crippen molar-refractivity contribution in [3.8, 4) is 22.6 Å². The van der Waals surface area contributed by atoms with Crippen LogP contribution in [-0.2, 0) is 22.0 Å². The molecule has 1 amide bonds. The Kier molecular flexibility index (Phi) is 8.43. The lowest BCUT2D eigenvalue weighted by atomic mass is 10.1. The Bertz CT molecular complexity index is 1550. The van der Waals surface area contributed by atoms with Crippen molar-refractivity contribution in [3.05, 3.63) is 114 Å². The van der Waals surface area contributed by atoms with Gasteiger partial charge in [0.25, 0.3) is 5.91 Å². The van der Waals surface area contributed by atoms with Crippen LogP contribution >= 0.6 is 0 Å². The summed E-state index contributed by atoms with van der Waals surface area (Å²) in [5.41, 5.74) is 2.51. The van der Waals surface area contributed by atoms with Crippen LogP contribution in [0.4, 0.5) is 4.39 Å². The van der Waals surface area contributed by atoms with Crippen LogP contribution in [0.1, 0.15) is 27.9 Å². The fourth-order valence-corrected chi connectivity index (χ4v) is 5.75. The maximum absolute atomic E-state index is 14.3. The number of para-hydroxylation sites is 1. The largest absolute Gasteiger partial charge is 0.507 e. The topological polar surface area (TPSA) is 92.7 Å². The van der Waals surface area contributed by atoms with E-state index in [-0.39, 0.29) is 33.6 Å². The molecule has 8 heteroatoms. The number of carbonyl (C=O) groups is 1. The Hall–Kier alpha value is -4.17. The van der Waals surface area contributed by atoms with E-state index in [1.54, 1.807) is 54.6 Å². The number of nitrogens with one attached hydrogen (secondary N) is 1. The van der Waals surface area contributed by atoms with E-state index in [1.807, 2.05) is 12.1 Å². The van der Waals surface area contributed by atoms with Gasteiger partial charge in [-0.05, 0) is 59.9 Å². The Morgan fingerprint density at radius 1 is 0.921 bits per heavy atom. The Labute approximate surface area is 221 Å². The molecule has 4 rings (SSSR count). The van der Waals surface area contributed by atoms with E-state index >= 15 is 0 Å². The quantitative estimate of drug-likeness (QED) is 0.261. The smallest absolute Gasteiger partial charge is 0.255 e. The monoisotopic (exact) mass is 533 g/mol. The lowest BCUT2D eigenvalue weighted by molar-refractivity contribution is 0.0950. The predicted octanol–water partition coefficient (Wildman–Crippen LogP) is 5.54. The van der Waals surface area contributed by atoms with Crippen LogP contribution in [0.3, 0.4) is 0 Å². The summed E-state index contributed by atoms with van der Waals surface area (Å²) >= 11 is 0. The zero-order chi connectivity index (χ0) is 27.1. The average molecular weight is 534 g/mol. The zero-order valence-corrected chi connectivity index (χ0v) is 21.7. The molecule has 196 valence electrons. The number of aryl methyl sites for hydroxylation is 1. The fourth-order valence-electron chi connectivity index (χ4n) is 4.21. The van der Waals surface area contributed by atoms with Gasteiger partial charge < -0.3 is 15.2 Å². The first-order valence-electron chi connectivity index (χ1n) is 12.1. The number of phenolic OH excluding ortho intramolecular Hbond substituents is 1. The van der Waals surface area contributed by atoms with Gasteiger partial charge in [-0.25, -0.2) is 12.8 Å². The van der Waals surface area contributed by atoms with Gasteiger partial charge >= 0.3 is 0 Å². The third kappa shape index (κ3) is 6.39. The molecule has 0 aliphatic heterocycles. The van der Waals surface area contributed by atoms with Crippen molar-refractivity contribution >= 4 is 15.7 Å². The summed E-state index contributed by atoms with van der Waals surface area (Å²) < 4.78 is 46.5. The molecular weight excluding hydrogens is 505 g/mol. The number of phenols is 1. The van der Waals surface area contributed by atoms with Gasteiger partial charge in [-0.1, -0.05) is 60.7 Å². The van der Waals surface area contributed by atoms with Crippen molar-refractivity contribution in [1.29, 1.82) is 0 Å². The molecule has 38 heavy (non-hydrogen) atoms. The van der Waals surface area contributed by atoms with Gasteiger partial charge in [-0.15, -0.1) is 0 Å². The zero-order valence-electron chi connectivity index (χ0n) is 20.9. The van der Waals surface area contributed by atoms with Crippen LogP contribution in [0, 0.1) is 5.82 Å². The molecule has 0 aliphatic carbocycles. The Morgan fingerprint density at radius 2 is 1.66 bits per heavy atom. The Morgan fingerprint density at radius 3 is 2.42 bits per heavy atom. The second kappa shape index (κ2) is 11.9. The molecule has 0 fully saturated rings. The van der Waals surface area contributed by atoms with Crippen LogP contribution in [0.2, 0.25) is 0 Å². The summed E-state index contributed by atoms with van der Waals surface area (Å²) in [5, 5.41) is 12.6. The van der Waals surface area contributed by atoms with Crippen molar-refractivity contribution in [2.45, 2.75) is 23.5 Å². The van der Waals surface area contributed by atoms with Crippen molar-refractivity contribution in [2.75, 3.05) is 13.7 Å². The predicted molar refractivity (Wildman–Crippen MR) is 144 cm³/mol. The SMILES string of the molecule is COc1ccc(-c2ccccc2F)cc1S(=O)(=O)Cc1cccc(CCCNC(=O)c2ccccc2O)c1. The third-order valence-corrected chi connectivity index (χ3v) is 7.81.